The van der Waals surface area contributed by atoms with Gasteiger partial charge in [0.25, 0.3) is 5.56 Å². The van der Waals surface area contributed by atoms with Gasteiger partial charge in [-0.05, 0) is 25.1 Å². The van der Waals surface area contributed by atoms with E-state index < -0.39 is 0 Å². The lowest BCUT2D eigenvalue weighted by Crippen LogP contribution is -2.30. The van der Waals surface area contributed by atoms with Gasteiger partial charge in [0.2, 0.25) is 0 Å². The number of nitrogens with two attached hydrogens (primary N) is 1. The fourth-order valence-corrected chi connectivity index (χ4v) is 2.01. The van der Waals surface area contributed by atoms with Gasteiger partial charge in [-0.25, -0.2) is 4.39 Å². The fourth-order valence-electron chi connectivity index (χ4n) is 1.85. The molecule has 0 radical (unpaired) electrons. The van der Waals surface area contributed by atoms with E-state index in [0.717, 1.165) is 5.69 Å². The van der Waals surface area contributed by atoms with Gasteiger partial charge in [0.05, 0.1) is 12.1 Å². The Balaban J connectivity index is 2.52. The summed E-state index contributed by atoms with van der Waals surface area (Å²) in [5, 5.41) is 0. The summed E-state index contributed by atoms with van der Waals surface area (Å²) < 4.78 is 15.1. The maximum Gasteiger partial charge on any atom is 0.261 e. The second-order valence-corrected chi connectivity index (χ2v) is 4.68. The number of aryl methyl sites for hydroxylation is 1. The highest BCUT2D eigenvalue weighted by Crippen LogP contribution is 2.09. The number of halogens is 1. The number of thiocarbonyl (C=S) groups is 1. The number of aromatic nitrogens is 1. The molecule has 2 aromatic rings. The van der Waals surface area contributed by atoms with Crippen molar-refractivity contribution < 1.29 is 4.39 Å². The molecule has 0 amide bonds. The second kappa shape index (κ2) is 5.32. The minimum Gasteiger partial charge on any atom is -0.389 e. The SMILES string of the molecule is Cc1ccc(C(N)=S)c(=O)n1Cc1ccccc1F. The minimum atomic E-state index is -0.338. The predicted octanol–water partition coefficient (Wildman–Crippen LogP) is 1.98. The largest absolute Gasteiger partial charge is 0.389 e. The summed E-state index contributed by atoms with van der Waals surface area (Å²) >= 11 is 4.83. The van der Waals surface area contributed by atoms with Crippen LogP contribution in [0.3, 0.4) is 0 Å². The van der Waals surface area contributed by atoms with E-state index >= 15 is 0 Å². The molecule has 0 atom stereocenters. The number of nitrogens with zero attached hydrogens (tertiary/aromatic N) is 1. The van der Waals surface area contributed by atoms with Gasteiger partial charge in [0.1, 0.15) is 10.8 Å². The monoisotopic (exact) mass is 276 g/mol. The van der Waals surface area contributed by atoms with E-state index in [1.165, 1.54) is 10.6 Å². The molecule has 0 spiro atoms. The van der Waals surface area contributed by atoms with Gasteiger partial charge in [-0.3, -0.25) is 4.79 Å². The van der Waals surface area contributed by atoms with Crippen molar-refractivity contribution in [2.45, 2.75) is 13.5 Å². The van der Waals surface area contributed by atoms with E-state index in [-0.39, 0.29) is 28.5 Å². The zero-order valence-electron chi connectivity index (χ0n) is 10.4. The average molecular weight is 276 g/mol. The average Bonchev–Trinajstić information content (AvgIpc) is 2.36. The van der Waals surface area contributed by atoms with Crippen molar-refractivity contribution >= 4 is 17.2 Å². The Morgan fingerprint density at radius 2 is 2.00 bits per heavy atom. The third kappa shape index (κ3) is 2.71. The first-order valence-electron chi connectivity index (χ1n) is 5.74. The lowest BCUT2D eigenvalue weighted by atomic mass is 10.2. The Morgan fingerprint density at radius 3 is 2.63 bits per heavy atom. The van der Waals surface area contributed by atoms with E-state index in [2.05, 4.69) is 0 Å². The minimum absolute atomic E-state index is 0.0484. The molecule has 0 unspecified atom stereocenters. The van der Waals surface area contributed by atoms with E-state index in [1.54, 1.807) is 37.3 Å². The van der Waals surface area contributed by atoms with Crippen molar-refractivity contribution in [3.63, 3.8) is 0 Å². The number of hydrogen-bond donors (Lipinski definition) is 1. The highest BCUT2D eigenvalue weighted by atomic mass is 32.1. The molecule has 0 saturated heterocycles. The Labute approximate surface area is 115 Å². The van der Waals surface area contributed by atoms with Crippen LogP contribution in [0, 0.1) is 12.7 Å². The van der Waals surface area contributed by atoms with Crippen LogP contribution in [-0.4, -0.2) is 9.56 Å². The van der Waals surface area contributed by atoms with Crippen molar-refractivity contribution in [2.75, 3.05) is 0 Å². The third-order valence-corrected chi connectivity index (χ3v) is 3.16. The summed E-state index contributed by atoms with van der Waals surface area (Å²) in [5.41, 5.74) is 6.66. The van der Waals surface area contributed by atoms with Gasteiger partial charge in [-0.15, -0.1) is 0 Å². The molecule has 0 fully saturated rings. The maximum atomic E-state index is 13.6. The van der Waals surface area contributed by atoms with Crippen LogP contribution < -0.4 is 11.3 Å². The molecule has 1 aromatic heterocycles. The van der Waals surface area contributed by atoms with E-state index in [9.17, 15) is 9.18 Å². The third-order valence-electron chi connectivity index (χ3n) is 2.94. The van der Waals surface area contributed by atoms with Crippen LogP contribution in [0.1, 0.15) is 16.8 Å². The van der Waals surface area contributed by atoms with Gasteiger partial charge in [-0.2, -0.15) is 0 Å². The van der Waals surface area contributed by atoms with Crippen molar-refractivity contribution in [3.05, 3.63) is 69.4 Å². The van der Waals surface area contributed by atoms with Crippen molar-refractivity contribution in [3.8, 4) is 0 Å². The van der Waals surface area contributed by atoms with Crippen LogP contribution in [-0.2, 0) is 6.54 Å². The van der Waals surface area contributed by atoms with Crippen molar-refractivity contribution in [2.24, 2.45) is 5.73 Å². The van der Waals surface area contributed by atoms with E-state index in [1.807, 2.05) is 0 Å². The molecule has 5 heteroatoms. The first kappa shape index (κ1) is 13.4. The summed E-state index contributed by atoms with van der Waals surface area (Å²) in [7, 11) is 0. The molecule has 2 N–H and O–H groups in total. The van der Waals surface area contributed by atoms with Gasteiger partial charge < -0.3 is 10.3 Å². The lowest BCUT2D eigenvalue weighted by molar-refractivity contribution is 0.593. The predicted molar refractivity (Wildman–Crippen MR) is 76.8 cm³/mol. The number of benzene rings is 1. The summed E-state index contributed by atoms with van der Waals surface area (Å²) in [4.78, 5) is 12.3. The summed E-state index contributed by atoms with van der Waals surface area (Å²) in [6.07, 6.45) is 0. The number of rotatable bonds is 3. The molecular formula is C14H13FN2OS. The normalized spacial score (nSPS) is 10.4. The molecule has 1 heterocycles. The smallest absolute Gasteiger partial charge is 0.261 e. The van der Waals surface area contributed by atoms with Crippen LogP contribution in [0.15, 0.2) is 41.2 Å². The van der Waals surface area contributed by atoms with Crippen LogP contribution >= 0.6 is 12.2 Å². The molecule has 0 aliphatic heterocycles. The highest BCUT2D eigenvalue weighted by molar-refractivity contribution is 7.80. The van der Waals surface area contributed by atoms with Crippen LogP contribution in [0.2, 0.25) is 0 Å². The van der Waals surface area contributed by atoms with Crippen LogP contribution in [0.25, 0.3) is 0 Å². The Morgan fingerprint density at radius 1 is 1.32 bits per heavy atom. The van der Waals surface area contributed by atoms with Gasteiger partial charge in [0, 0.05) is 11.3 Å². The topological polar surface area (TPSA) is 48.0 Å². The fraction of sp³-hybridized carbons (Fsp3) is 0.143. The first-order chi connectivity index (χ1) is 9.00. The Hall–Kier alpha value is -2.01. The molecule has 0 aliphatic carbocycles. The molecule has 98 valence electrons. The quantitative estimate of drug-likeness (QED) is 0.872. The maximum absolute atomic E-state index is 13.6. The van der Waals surface area contributed by atoms with Gasteiger partial charge in [-0.1, -0.05) is 30.4 Å². The molecule has 0 bridgehead atoms. The number of hydrogen-bond acceptors (Lipinski definition) is 2. The molecular weight excluding hydrogens is 263 g/mol. The highest BCUT2D eigenvalue weighted by Gasteiger charge is 2.10. The van der Waals surface area contributed by atoms with Crippen molar-refractivity contribution in [1.82, 2.24) is 4.57 Å². The zero-order chi connectivity index (χ0) is 14.0. The van der Waals surface area contributed by atoms with Gasteiger partial charge in [0.15, 0.2) is 0 Å². The number of pyridine rings is 1. The Bertz CT molecular complexity index is 694. The summed E-state index contributed by atoms with van der Waals surface area (Å²) in [5.74, 6) is -0.338. The van der Waals surface area contributed by atoms with Crippen molar-refractivity contribution in [1.29, 1.82) is 0 Å². The lowest BCUT2D eigenvalue weighted by Gasteiger charge is -2.12. The molecule has 19 heavy (non-hydrogen) atoms. The van der Waals surface area contributed by atoms with Crippen LogP contribution in [0.5, 0.6) is 0 Å². The second-order valence-electron chi connectivity index (χ2n) is 4.24. The Kier molecular flexibility index (Phi) is 3.76. The molecule has 0 aliphatic rings. The molecule has 1 aromatic carbocycles. The summed E-state index contributed by atoms with van der Waals surface area (Å²) in [6.45, 7) is 1.94. The molecule has 0 saturated carbocycles. The van der Waals surface area contributed by atoms with Crippen LogP contribution in [0.4, 0.5) is 4.39 Å². The summed E-state index contributed by atoms with van der Waals surface area (Å²) in [6, 6.07) is 9.70. The standard InChI is InChI=1S/C14H13FN2OS/c1-9-6-7-11(13(16)19)14(18)17(9)8-10-4-2-3-5-12(10)15/h2-7H,8H2,1H3,(H2,16,19). The molecule has 2 rings (SSSR count). The van der Waals surface area contributed by atoms with E-state index in [4.69, 9.17) is 18.0 Å². The van der Waals surface area contributed by atoms with Gasteiger partial charge >= 0.3 is 0 Å². The first-order valence-corrected chi connectivity index (χ1v) is 6.15. The zero-order valence-corrected chi connectivity index (χ0v) is 11.2. The molecule has 3 nitrogen and oxygen atoms in total. The van der Waals surface area contributed by atoms with E-state index in [0.29, 0.717) is 5.56 Å².